The maximum absolute atomic E-state index is 12.3. The van der Waals surface area contributed by atoms with Crippen LogP contribution in [0.2, 0.25) is 0 Å². The second-order valence-electron chi connectivity index (χ2n) is 6.31. The van der Waals surface area contributed by atoms with Crippen molar-refractivity contribution in [2.45, 2.75) is 33.7 Å². The molecule has 24 heavy (non-hydrogen) atoms. The molecule has 8 nitrogen and oxygen atoms in total. The summed E-state index contributed by atoms with van der Waals surface area (Å²) in [6.45, 7) is 10.9. The quantitative estimate of drug-likeness (QED) is 0.692. The summed E-state index contributed by atoms with van der Waals surface area (Å²) in [7, 11) is 0. The summed E-state index contributed by atoms with van der Waals surface area (Å²) in [4.78, 5) is 41.4. The highest BCUT2D eigenvalue weighted by Gasteiger charge is 2.26. The molecule has 0 radical (unpaired) electrons. The van der Waals surface area contributed by atoms with Crippen molar-refractivity contribution < 1.29 is 14.4 Å². The van der Waals surface area contributed by atoms with Gasteiger partial charge in [-0.15, -0.1) is 0 Å². The first kappa shape index (κ1) is 20.2. The van der Waals surface area contributed by atoms with Gasteiger partial charge in [-0.05, 0) is 19.8 Å². The monoisotopic (exact) mass is 341 g/mol. The second kappa shape index (κ2) is 9.46. The highest BCUT2D eigenvalue weighted by atomic mass is 16.2. The van der Waals surface area contributed by atoms with Crippen molar-refractivity contribution in [2.75, 3.05) is 45.8 Å². The first-order valence-corrected chi connectivity index (χ1v) is 8.66. The number of urea groups is 1. The normalized spacial score (nSPS) is 16.1. The van der Waals surface area contributed by atoms with Crippen LogP contribution in [0.3, 0.4) is 0 Å². The molecule has 0 bridgehead atoms. The van der Waals surface area contributed by atoms with Gasteiger partial charge < -0.3 is 25.8 Å². The third kappa shape index (κ3) is 5.36. The van der Waals surface area contributed by atoms with Gasteiger partial charge in [0.25, 0.3) is 0 Å². The molecule has 1 rings (SSSR count). The fourth-order valence-corrected chi connectivity index (χ4v) is 2.54. The maximum Gasteiger partial charge on any atom is 0.320 e. The van der Waals surface area contributed by atoms with E-state index in [1.54, 1.807) is 14.7 Å². The van der Waals surface area contributed by atoms with Crippen LogP contribution in [-0.2, 0) is 9.59 Å². The highest BCUT2D eigenvalue weighted by molar-refractivity contribution is 5.87. The number of amides is 4. The predicted octanol–water partition coefficient (Wildman–Crippen LogP) is -0.308. The highest BCUT2D eigenvalue weighted by Crippen LogP contribution is 2.06. The van der Waals surface area contributed by atoms with Crippen LogP contribution in [0, 0.1) is 5.92 Å². The molecular formula is C16H31N5O3. The minimum Gasteiger partial charge on any atom is -0.346 e. The average Bonchev–Trinajstić information content (AvgIpc) is 2.59. The standard InChI is InChI=1S/C16H31N5O3/c1-5-19(6-2)16(24)21-9-7-20(8-10-21)13(22)11-18-15(23)14(17)12(3)4/h12,14H,5-11,17H2,1-4H3,(H,18,23)/t14-/m0/s1. The van der Waals surface area contributed by atoms with Crippen LogP contribution < -0.4 is 11.1 Å². The van der Waals surface area contributed by atoms with Crippen molar-refractivity contribution in [2.24, 2.45) is 11.7 Å². The molecule has 0 spiro atoms. The molecule has 0 aliphatic carbocycles. The molecule has 1 heterocycles. The Labute approximate surface area is 144 Å². The van der Waals surface area contributed by atoms with Crippen molar-refractivity contribution in [3.05, 3.63) is 0 Å². The zero-order valence-corrected chi connectivity index (χ0v) is 15.2. The van der Waals surface area contributed by atoms with Crippen LogP contribution in [0.25, 0.3) is 0 Å². The summed E-state index contributed by atoms with van der Waals surface area (Å²) in [5, 5.41) is 2.59. The van der Waals surface area contributed by atoms with Crippen molar-refractivity contribution in [1.82, 2.24) is 20.0 Å². The lowest BCUT2D eigenvalue weighted by atomic mass is 10.1. The number of nitrogens with one attached hydrogen (secondary N) is 1. The molecule has 1 fully saturated rings. The number of nitrogens with zero attached hydrogens (tertiary/aromatic N) is 3. The number of carbonyl (C=O) groups is 3. The number of nitrogens with two attached hydrogens (primary N) is 1. The fraction of sp³-hybridized carbons (Fsp3) is 0.812. The summed E-state index contributed by atoms with van der Waals surface area (Å²) < 4.78 is 0. The van der Waals surface area contributed by atoms with Gasteiger partial charge in [-0.25, -0.2) is 4.79 Å². The summed E-state index contributed by atoms with van der Waals surface area (Å²) in [5.41, 5.74) is 5.75. The van der Waals surface area contributed by atoms with E-state index >= 15 is 0 Å². The Hall–Kier alpha value is -1.83. The average molecular weight is 341 g/mol. The van der Waals surface area contributed by atoms with Crippen LogP contribution in [0.15, 0.2) is 0 Å². The SMILES string of the molecule is CCN(CC)C(=O)N1CCN(C(=O)CNC(=O)[C@@H](N)C(C)C)CC1. The lowest BCUT2D eigenvalue weighted by Crippen LogP contribution is -2.55. The maximum atomic E-state index is 12.3. The van der Waals surface area contributed by atoms with Crippen molar-refractivity contribution in [1.29, 1.82) is 0 Å². The Kier molecular flexibility index (Phi) is 7.97. The van der Waals surface area contributed by atoms with E-state index in [-0.39, 0.29) is 30.3 Å². The first-order valence-electron chi connectivity index (χ1n) is 8.66. The molecule has 1 atom stereocenters. The molecule has 0 aromatic rings. The van der Waals surface area contributed by atoms with E-state index in [2.05, 4.69) is 5.32 Å². The van der Waals surface area contributed by atoms with E-state index in [1.165, 1.54) is 0 Å². The molecule has 8 heteroatoms. The van der Waals surface area contributed by atoms with Crippen molar-refractivity contribution in [3.63, 3.8) is 0 Å². The van der Waals surface area contributed by atoms with E-state index in [1.807, 2.05) is 27.7 Å². The predicted molar refractivity (Wildman–Crippen MR) is 92.3 cm³/mol. The summed E-state index contributed by atoms with van der Waals surface area (Å²) in [6, 6.07) is -0.593. The molecule has 3 N–H and O–H groups in total. The minimum absolute atomic E-state index is 0.0170. The fourth-order valence-electron chi connectivity index (χ4n) is 2.54. The summed E-state index contributed by atoms with van der Waals surface area (Å²) in [5.74, 6) is -0.433. The third-order valence-electron chi connectivity index (χ3n) is 4.37. The second-order valence-corrected chi connectivity index (χ2v) is 6.31. The smallest absolute Gasteiger partial charge is 0.320 e. The molecule has 0 aromatic heterocycles. The largest absolute Gasteiger partial charge is 0.346 e. The topological polar surface area (TPSA) is 99.0 Å². The number of rotatable bonds is 6. The first-order chi connectivity index (χ1) is 11.3. The minimum atomic E-state index is -0.610. The summed E-state index contributed by atoms with van der Waals surface area (Å²) in [6.07, 6.45) is 0. The number of hydrogen-bond donors (Lipinski definition) is 2. The Morgan fingerprint density at radius 1 is 1.04 bits per heavy atom. The Bertz CT molecular complexity index is 443. The van der Waals surface area contributed by atoms with E-state index in [0.29, 0.717) is 39.3 Å². The van der Waals surface area contributed by atoms with E-state index in [4.69, 9.17) is 5.73 Å². The molecular weight excluding hydrogens is 310 g/mol. The van der Waals surface area contributed by atoms with E-state index < -0.39 is 6.04 Å². The van der Waals surface area contributed by atoms with Gasteiger partial charge in [0, 0.05) is 39.3 Å². The van der Waals surface area contributed by atoms with E-state index in [9.17, 15) is 14.4 Å². The molecule has 1 saturated heterocycles. The van der Waals surface area contributed by atoms with Gasteiger partial charge in [0.15, 0.2) is 0 Å². The number of piperazine rings is 1. The molecule has 0 saturated carbocycles. The van der Waals surface area contributed by atoms with Crippen LogP contribution in [0.1, 0.15) is 27.7 Å². The van der Waals surface area contributed by atoms with Gasteiger partial charge in [0.1, 0.15) is 0 Å². The molecule has 0 unspecified atom stereocenters. The molecule has 138 valence electrons. The van der Waals surface area contributed by atoms with Gasteiger partial charge in [-0.3, -0.25) is 9.59 Å². The Balaban J connectivity index is 2.40. The number of carbonyl (C=O) groups excluding carboxylic acids is 3. The molecule has 1 aliphatic rings. The van der Waals surface area contributed by atoms with Crippen LogP contribution >= 0.6 is 0 Å². The lowest BCUT2D eigenvalue weighted by Gasteiger charge is -2.37. The Morgan fingerprint density at radius 2 is 1.54 bits per heavy atom. The van der Waals surface area contributed by atoms with Crippen LogP contribution in [0.4, 0.5) is 4.79 Å². The zero-order chi connectivity index (χ0) is 18.3. The van der Waals surface area contributed by atoms with E-state index in [0.717, 1.165) is 0 Å². The van der Waals surface area contributed by atoms with Crippen molar-refractivity contribution in [3.8, 4) is 0 Å². The molecule has 0 aromatic carbocycles. The van der Waals surface area contributed by atoms with Crippen LogP contribution in [0.5, 0.6) is 0 Å². The van der Waals surface area contributed by atoms with Crippen LogP contribution in [-0.4, -0.2) is 84.4 Å². The van der Waals surface area contributed by atoms with Gasteiger partial charge in [0.05, 0.1) is 12.6 Å². The zero-order valence-electron chi connectivity index (χ0n) is 15.2. The molecule has 1 aliphatic heterocycles. The van der Waals surface area contributed by atoms with Gasteiger partial charge in [0.2, 0.25) is 11.8 Å². The summed E-state index contributed by atoms with van der Waals surface area (Å²) >= 11 is 0. The third-order valence-corrected chi connectivity index (χ3v) is 4.37. The van der Waals surface area contributed by atoms with Gasteiger partial charge >= 0.3 is 6.03 Å². The lowest BCUT2D eigenvalue weighted by molar-refractivity contribution is -0.134. The Morgan fingerprint density at radius 3 is 2.00 bits per heavy atom. The molecule has 4 amide bonds. The van der Waals surface area contributed by atoms with Gasteiger partial charge in [-0.2, -0.15) is 0 Å². The van der Waals surface area contributed by atoms with Crippen molar-refractivity contribution >= 4 is 17.8 Å². The van der Waals surface area contributed by atoms with Gasteiger partial charge in [-0.1, -0.05) is 13.8 Å². The number of hydrogen-bond acceptors (Lipinski definition) is 4.